The molecule has 8 nitrogen and oxygen atoms in total. The summed E-state index contributed by atoms with van der Waals surface area (Å²) in [5.74, 6) is 0.681. The van der Waals surface area contributed by atoms with Gasteiger partial charge in [-0.25, -0.2) is 0 Å². The van der Waals surface area contributed by atoms with Gasteiger partial charge in [0.15, 0.2) is 0 Å². The molecule has 0 saturated carbocycles. The van der Waals surface area contributed by atoms with Crippen LogP contribution in [0.3, 0.4) is 0 Å². The summed E-state index contributed by atoms with van der Waals surface area (Å²) < 4.78 is 5.01. The Kier molecular flexibility index (Phi) is 5.95. The van der Waals surface area contributed by atoms with Crippen molar-refractivity contribution < 1.29 is 9.53 Å². The third-order valence-corrected chi connectivity index (χ3v) is 2.70. The molecule has 0 fully saturated rings. The normalized spacial score (nSPS) is 11.7. The minimum Gasteiger partial charge on any atom is -0.467 e. The Bertz CT molecular complexity index is 454. The monoisotopic (exact) mass is 282 g/mol. The average Bonchev–Trinajstić information content (AvgIpc) is 2.45. The number of carbonyl (C=O) groups is 1. The van der Waals surface area contributed by atoms with Gasteiger partial charge in [-0.1, -0.05) is 0 Å². The lowest BCUT2D eigenvalue weighted by atomic mass is 10.3. The highest BCUT2D eigenvalue weighted by Crippen LogP contribution is 2.11. The number of amides is 1. The smallest absolute Gasteiger partial charge is 0.322 e. The van der Waals surface area contributed by atoms with Gasteiger partial charge in [0.2, 0.25) is 17.8 Å². The van der Waals surface area contributed by atoms with E-state index in [1.807, 2.05) is 13.8 Å². The van der Waals surface area contributed by atoms with Crippen LogP contribution in [0.5, 0.6) is 6.01 Å². The second kappa shape index (κ2) is 7.46. The third-order valence-electron chi connectivity index (χ3n) is 2.70. The number of anilines is 2. The van der Waals surface area contributed by atoms with Crippen LogP contribution in [-0.4, -0.2) is 59.0 Å². The molecule has 8 heteroatoms. The molecule has 1 aromatic rings. The predicted molar refractivity (Wildman–Crippen MR) is 76.9 cm³/mol. The molecule has 1 aromatic heterocycles. The summed E-state index contributed by atoms with van der Waals surface area (Å²) >= 11 is 0. The standard InChI is InChI=1S/C12H22N6O2/c1-6-13-10-15-11(17-12(16-10)20-5)14-8(3)9(19)18(4)7-2/h8H,6-7H2,1-5H3,(H2,13,14,15,16,17). The number of methoxy groups -OCH3 is 1. The van der Waals surface area contributed by atoms with E-state index in [4.69, 9.17) is 4.74 Å². The SMILES string of the molecule is CCNc1nc(NC(C)C(=O)N(C)CC)nc(OC)n1. The zero-order valence-corrected chi connectivity index (χ0v) is 12.6. The van der Waals surface area contributed by atoms with E-state index in [-0.39, 0.29) is 11.9 Å². The van der Waals surface area contributed by atoms with Gasteiger partial charge in [0.25, 0.3) is 0 Å². The van der Waals surface area contributed by atoms with Crippen molar-refractivity contribution in [2.45, 2.75) is 26.8 Å². The van der Waals surface area contributed by atoms with Crippen LogP contribution in [0.2, 0.25) is 0 Å². The first kappa shape index (κ1) is 15.9. The first-order valence-corrected chi connectivity index (χ1v) is 6.57. The molecule has 0 aliphatic carbocycles. The van der Waals surface area contributed by atoms with Crippen LogP contribution in [0, 0.1) is 0 Å². The number of likely N-dealkylation sites (N-methyl/N-ethyl adjacent to an activating group) is 1. The summed E-state index contributed by atoms with van der Waals surface area (Å²) in [6, 6.07) is -0.233. The van der Waals surface area contributed by atoms with Gasteiger partial charge in [-0.15, -0.1) is 0 Å². The Morgan fingerprint density at radius 3 is 2.50 bits per heavy atom. The molecular formula is C12H22N6O2. The molecule has 1 amide bonds. The number of hydrogen-bond acceptors (Lipinski definition) is 7. The van der Waals surface area contributed by atoms with Gasteiger partial charge in [0.05, 0.1) is 7.11 Å². The van der Waals surface area contributed by atoms with Crippen molar-refractivity contribution in [1.29, 1.82) is 0 Å². The fourth-order valence-electron chi connectivity index (χ4n) is 1.49. The van der Waals surface area contributed by atoms with Crippen molar-refractivity contribution in [3.05, 3.63) is 0 Å². The molecule has 1 rings (SSSR count). The minimum absolute atomic E-state index is 0.0307. The maximum absolute atomic E-state index is 12.0. The zero-order chi connectivity index (χ0) is 15.1. The van der Waals surface area contributed by atoms with E-state index in [1.54, 1.807) is 18.9 Å². The van der Waals surface area contributed by atoms with Crippen molar-refractivity contribution in [3.8, 4) is 6.01 Å². The van der Waals surface area contributed by atoms with Crippen LogP contribution in [0.25, 0.3) is 0 Å². The van der Waals surface area contributed by atoms with Crippen molar-refractivity contribution in [3.63, 3.8) is 0 Å². The predicted octanol–water partition coefficient (Wildman–Crippen LogP) is 0.591. The second-order valence-corrected chi connectivity index (χ2v) is 4.22. The molecular weight excluding hydrogens is 260 g/mol. The summed E-state index contributed by atoms with van der Waals surface area (Å²) in [5, 5.41) is 5.94. The number of carbonyl (C=O) groups excluding carboxylic acids is 1. The molecule has 0 bridgehead atoms. The topological polar surface area (TPSA) is 92.3 Å². The summed E-state index contributed by atoms with van der Waals surface area (Å²) in [6.07, 6.45) is 0. The molecule has 1 unspecified atom stereocenters. The molecule has 0 saturated heterocycles. The highest BCUT2D eigenvalue weighted by atomic mass is 16.5. The van der Waals surface area contributed by atoms with Crippen molar-refractivity contribution in [2.75, 3.05) is 37.9 Å². The maximum Gasteiger partial charge on any atom is 0.322 e. The van der Waals surface area contributed by atoms with Gasteiger partial charge in [-0.3, -0.25) is 4.79 Å². The third kappa shape index (κ3) is 4.22. The van der Waals surface area contributed by atoms with E-state index < -0.39 is 6.04 Å². The molecule has 112 valence electrons. The molecule has 0 spiro atoms. The Hall–Kier alpha value is -2.12. The first-order valence-electron chi connectivity index (χ1n) is 6.57. The van der Waals surface area contributed by atoms with Crippen LogP contribution >= 0.6 is 0 Å². The summed E-state index contributed by atoms with van der Waals surface area (Å²) in [6.45, 7) is 6.94. The molecule has 0 aliphatic heterocycles. The molecule has 1 atom stereocenters. The molecule has 1 heterocycles. The zero-order valence-electron chi connectivity index (χ0n) is 12.6. The quantitative estimate of drug-likeness (QED) is 0.756. The Balaban J connectivity index is 2.85. The Morgan fingerprint density at radius 1 is 1.30 bits per heavy atom. The highest BCUT2D eigenvalue weighted by Gasteiger charge is 2.18. The van der Waals surface area contributed by atoms with Crippen LogP contribution in [-0.2, 0) is 4.79 Å². The molecule has 0 aromatic carbocycles. The summed E-state index contributed by atoms with van der Waals surface area (Å²) in [5.41, 5.74) is 0. The average molecular weight is 282 g/mol. The number of nitrogens with one attached hydrogen (secondary N) is 2. The van der Waals surface area contributed by atoms with Gasteiger partial charge in [-0.05, 0) is 20.8 Å². The Labute approximate surface area is 119 Å². The minimum atomic E-state index is -0.429. The van der Waals surface area contributed by atoms with E-state index in [1.165, 1.54) is 7.11 Å². The first-order chi connectivity index (χ1) is 9.51. The van der Waals surface area contributed by atoms with E-state index in [0.717, 1.165) is 0 Å². The molecule has 2 N–H and O–H groups in total. The van der Waals surface area contributed by atoms with Crippen molar-refractivity contribution in [2.24, 2.45) is 0 Å². The van der Waals surface area contributed by atoms with Gasteiger partial charge in [0.1, 0.15) is 6.04 Å². The van der Waals surface area contributed by atoms with Gasteiger partial charge in [0, 0.05) is 20.1 Å². The van der Waals surface area contributed by atoms with Crippen molar-refractivity contribution >= 4 is 17.8 Å². The van der Waals surface area contributed by atoms with Gasteiger partial charge in [-0.2, -0.15) is 15.0 Å². The number of nitrogens with zero attached hydrogens (tertiary/aromatic N) is 4. The molecule has 0 aliphatic rings. The van der Waals surface area contributed by atoms with Crippen molar-refractivity contribution in [1.82, 2.24) is 19.9 Å². The number of aromatic nitrogens is 3. The second-order valence-electron chi connectivity index (χ2n) is 4.22. The van der Waals surface area contributed by atoms with Crippen LogP contribution in [0.4, 0.5) is 11.9 Å². The van der Waals surface area contributed by atoms with E-state index in [9.17, 15) is 4.79 Å². The number of hydrogen-bond donors (Lipinski definition) is 2. The highest BCUT2D eigenvalue weighted by molar-refractivity contribution is 5.83. The lowest BCUT2D eigenvalue weighted by Crippen LogP contribution is -2.39. The fourth-order valence-corrected chi connectivity index (χ4v) is 1.49. The summed E-state index contributed by atoms with van der Waals surface area (Å²) in [7, 11) is 3.23. The maximum atomic E-state index is 12.0. The largest absolute Gasteiger partial charge is 0.467 e. The number of rotatable bonds is 7. The van der Waals surface area contributed by atoms with Crippen LogP contribution in [0.15, 0.2) is 0 Å². The lowest BCUT2D eigenvalue weighted by Gasteiger charge is -2.20. The van der Waals surface area contributed by atoms with E-state index in [0.29, 0.717) is 25.0 Å². The van der Waals surface area contributed by atoms with Gasteiger partial charge < -0.3 is 20.3 Å². The fraction of sp³-hybridized carbons (Fsp3) is 0.667. The lowest BCUT2D eigenvalue weighted by molar-refractivity contribution is -0.130. The molecule has 0 radical (unpaired) electrons. The van der Waals surface area contributed by atoms with E-state index in [2.05, 4.69) is 25.6 Å². The Morgan fingerprint density at radius 2 is 1.95 bits per heavy atom. The van der Waals surface area contributed by atoms with Crippen LogP contribution < -0.4 is 15.4 Å². The number of ether oxygens (including phenoxy) is 1. The van der Waals surface area contributed by atoms with E-state index >= 15 is 0 Å². The van der Waals surface area contributed by atoms with Gasteiger partial charge >= 0.3 is 6.01 Å². The van der Waals surface area contributed by atoms with Crippen LogP contribution in [0.1, 0.15) is 20.8 Å². The summed E-state index contributed by atoms with van der Waals surface area (Å²) in [4.78, 5) is 25.9. The molecule has 20 heavy (non-hydrogen) atoms.